The SMILES string of the molecule is CC1COc2nc(CN3CCOCC3)c(Cc3ccc(F)cc3)cc2N1C(=O)CN1C[C@@H](C)N(C(=O)O)C[C@@H]1CN1[C@H](C)COC[C@H]1C. The topological polar surface area (TPSA) is 111 Å². The molecule has 48 heavy (non-hydrogen) atoms. The summed E-state index contributed by atoms with van der Waals surface area (Å²) in [6.45, 7) is 14.8. The van der Waals surface area contributed by atoms with Crippen LogP contribution in [0, 0.1) is 5.82 Å². The normalized spacial score (nSPS) is 27.4. The van der Waals surface area contributed by atoms with Crippen molar-refractivity contribution in [3.05, 3.63) is 53.0 Å². The lowest BCUT2D eigenvalue weighted by Gasteiger charge is -2.48. The molecule has 4 aliphatic rings. The van der Waals surface area contributed by atoms with Crippen LogP contribution in [0.15, 0.2) is 30.3 Å². The molecule has 12 nitrogen and oxygen atoms in total. The van der Waals surface area contributed by atoms with Gasteiger partial charge in [0, 0.05) is 63.4 Å². The number of morpholine rings is 2. The lowest BCUT2D eigenvalue weighted by molar-refractivity contribution is -0.122. The number of fused-ring (bicyclic) bond motifs is 1. The summed E-state index contributed by atoms with van der Waals surface area (Å²) in [4.78, 5) is 41.7. The molecule has 0 spiro atoms. The molecule has 1 N–H and O–H groups in total. The van der Waals surface area contributed by atoms with Crippen LogP contribution in [0.2, 0.25) is 0 Å². The van der Waals surface area contributed by atoms with Crippen LogP contribution in [0.5, 0.6) is 5.88 Å². The summed E-state index contributed by atoms with van der Waals surface area (Å²) < 4.78 is 31.2. The maximum atomic E-state index is 14.4. The summed E-state index contributed by atoms with van der Waals surface area (Å²) in [6, 6.07) is 8.23. The summed E-state index contributed by atoms with van der Waals surface area (Å²) in [5.41, 5.74) is 3.41. The quantitative estimate of drug-likeness (QED) is 0.451. The molecule has 5 heterocycles. The van der Waals surface area contributed by atoms with Gasteiger partial charge in [-0.05, 0) is 63.4 Å². The Labute approximate surface area is 282 Å². The van der Waals surface area contributed by atoms with Gasteiger partial charge < -0.3 is 29.1 Å². The number of piperazine rings is 1. The number of carbonyl (C=O) groups is 2. The molecule has 2 amide bonds. The van der Waals surface area contributed by atoms with Gasteiger partial charge in [0.25, 0.3) is 0 Å². The van der Waals surface area contributed by atoms with E-state index < -0.39 is 6.09 Å². The maximum absolute atomic E-state index is 14.4. The minimum absolute atomic E-state index is 0.0773. The molecule has 6 rings (SSSR count). The molecule has 0 saturated carbocycles. The van der Waals surface area contributed by atoms with Gasteiger partial charge >= 0.3 is 6.09 Å². The van der Waals surface area contributed by atoms with Crippen LogP contribution in [0.3, 0.4) is 0 Å². The molecule has 3 fully saturated rings. The average molecular weight is 669 g/mol. The van der Waals surface area contributed by atoms with E-state index in [9.17, 15) is 19.1 Å². The van der Waals surface area contributed by atoms with Crippen LogP contribution in [0.25, 0.3) is 0 Å². The molecular weight excluding hydrogens is 619 g/mol. The van der Waals surface area contributed by atoms with Crippen LogP contribution in [0.1, 0.15) is 44.5 Å². The lowest BCUT2D eigenvalue weighted by Crippen LogP contribution is -2.65. The lowest BCUT2D eigenvalue weighted by atomic mass is 10.0. The Morgan fingerprint density at radius 1 is 0.938 bits per heavy atom. The molecule has 3 saturated heterocycles. The van der Waals surface area contributed by atoms with Crippen LogP contribution in [-0.2, 0) is 27.2 Å². The number of hydrogen-bond acceptors (Lipinski definition) is 9. The van der Waals surface area contributed by atoms with Crippen LogP contribution in [-0.4, -0.2) is 144 Å². The van der Waals surface area contributed by atoms with Crippen molar-refractivity contribution in [3.8, 4) is 5.88 Å². The Kier molecular flexibility index (Phi) is 10.8. The first-order chi connectivity index (χ1) is 23.1. The van der Waals surface area contributed by atoms with E-state index in [4.69, 9.17) is 19.2 Å². The number of amides is 2. The highest BCUT2D eigenvalue weighted by Crippen LogP contribution is 2.36. The fourth-order valence-corrected chi connectivity index (χ4v) is 7.45. The smallest absolute Gasteiger partial charge is 0.407 e. The number of rotatable bonds is 8. The molecule has 4 aliphatic heterocycles. The second-order valence-corrected chi connectivity index (χ2v) is 13.8. The Hall–Kier alpha value is -3.36. The number of halogens is 1. The van der Waals surface area contributed by atoms with Gasteiger partial charge in [0.05, 0.1) is 44.7 Å². The number of pyridine rings is 1. The van der Waals surface area contributed by atoms with Gasteiger partial charge in [0.15, 0.2) is 0 Å². The highest BCUT2D eigenvalue weighted by molar-refractivity contribution is 5.97. The molecular formula is C35H49FN6O6. The molecule has 1 unspecified atom stereocenters. The van der Waals surface area contributed by atoms with E-state index in [2.05, 4.69) is 28.5 Å². The van der Waals surface area contributed by atoms with Crippen molar-refractivity contribution in [2.75, 3.05) is 77.2 Å². The van der Waals surface area contributed by atoms with E-state index in [0.717, 1.165) is 29.9 Å². The molecule has 0 bridgehead atoms. The number of hydrogen-bond donors (Lipinski definition) is 1. The van der Waals surface area contributed by atoms with Crippen molar-refractivity contribution in [1.82, 2.24) is 24.6 Å². The summed E-state index contributed by atoms with van der Waals surface area (Å²) in [5, 5.41) is 9.97. The molecule has 1 aromatic carbocycles. The van der Waals surface area contributed by atoms with Crippen LogP contribution < -0.4 is 9.64 Å². The first-order valence-electron chi connectivity index (χ1n) is 17.2. The largest absolute Gasteiger partial charge is 0.474 e. The predicted molar refractivity (Wildman–Crippen MR) is 178 cm³/mol. The number of anilines is 1. The summed E-state index contributed by atoms with van der Waals surface area (Å²) in [5.74, 6) is 0.0694. The fourth-order valence-electron chi connectivity index (χ4n) is 7.45. The molecule has 0 radical (unpaired) electrons. The van der Waals surface area contributed by atoms with Gasteiger partial charge in [-0.15, -0.1) is 0 Å². The van der Waals surface area contributed by atoms with Crippen molar-refractivity contribution in [2.45, 2.75) is 70.9 Å². The van der Waals surface area contributed by atoms with E-state index >= 15 is 0 Å². The zero-order chi connectivity index (χ0) is 33.9. The van der Waals surface area contributed by atoms with E-state index in [0.29, 0.717) is 77.2 Å². The van der Waals surface area contributed by atoms with E-state index in [-0.39, 0.29) is 48.5 Å². The Bertz CT molecular complexity index is 1430. The zero-order valence-corrected chi connectivity index (χ0v) is 28.5. The predicted octanol–water partition coefficient (Wildman–Crippen LogP) is 2.92. The highest BCUT2D eigenvalue weighted by Gasteiger charge is 2.40. The molecule has 5 atom stereocenters. The number of carboxylic acid groups (broad SMARTS) is 1. The second-order valence-electron chi connectivity index (χ2n) is 13.8. The number of ether oxygens (including phenoxy) is 3. The zero-order valence-electron chi connectivity index (χ0n) is 28.5. The minimum atomic E-state index is -0.940. The fraction of sp³-hybridized carbons (Fsp3) is 0.629. The van der Waals surface area contributed by atoms with E-state index in [1.54, 1.807) is 12.1 Å². The van der Waals surface area contributed by atoms with Gasteiger partial charge in [-0.3, -0.25) is 19.5 Å². The molecule has 2 aromatic rings. The number of benzene rings is 1. The third kappa shape index (κ3) is 7.76. The number of aromatic nitrogens is 1. The van der Waals surface area contributed by atoms with Crippen molar-refractivity contribution >= 4 is 17.7 Å². The standard InChI is InChI=1S/C35H49FN6O6/c1-23-15-39(30(17-41(23)35(44)45)16-40-24(2)20-47-21-25(40)3)19-33(43)42-26(4)22-48-34-32(42)14-28(13-27-5-7-29(36)8-6-27)31(37-34)18-38-9-11-46-12-10-38/h5-8,14,23-26,30H,9-13,15-22H2,1-4H3,(H,44,45)/t23-,24-,25-,26?,30+/m1/s1. The Morgan fingerprint density at radius 3 is 2.33 bits per heavy atom. The van der Waals surface area contributed by atoms with Gasteiger partial charge in [0.1, 0.15) is 18.1 Å². The van der Waals surface area contributed by atoms with Crippen molar-refractivity contribution in [3.63, 3.8) is 0 Å². The Morgan fingerprint density at radius 2 is 1.65 bits per heavy atom. The average Bonchev–Trinajstić information content (AvgIpc) is 3.05. The van der Waals surface area contributed by atoms with Gasteiger partial charge in [-0.1, -0.05) is 12.1 Å². The monoisotopic (exact) mass is 668 g/mol. The second kappa shape index (κ2) is 15.0. The minimum Gasteiger partial charge on any atom is -0.474 e. The molecule has 13 heteroatoms. The molecule has 1 aromatic heterocycles. The highest BCUT2D eigenvalue weighted by atomic mass is 19.1. The van der Waals surface area contributed by atoms with Gasteiger partial charge in [-0.2, -0.15) is 0 Å². The number of carbonyl (C=O) groups excluding carboxylic acids is 1. The van der Waals surface area contributed by atoms with Crippen molar-refractivity contribution in [1.29, 1.82) is 0 Å². The van der Waals surface area contributed by atoms with Gasteiger partial charge in [0.2, 0.25) is 11.8 Å². The van der Waals surface area contributed by atoms with E-state index in [1.807, 2.05) is 24.8 Å². The van der Waals surface area contributed by atoms with Crippen molar-refractivity contribution < 1.29 is 33.3 Å². The molecule has 262 valence electrons. The summed E-state index contributed by atoms with van der Waals surface area (Å²) >= 11 is 0. The summed E-state index contributed by atoms with van der Waals surface area (Å²) in [6.07, 6.45) is -0.409. The van der Waals surface area contributed by atoms with E-state index in [1.165, 1.54) is 17.0 Å². The van der Waals surface area contributed by atoms with Crippen molar-refractivity contribution in [2.24, 2.45) is 0 Å². The first kappa shape index (κ1) is 34.5. The maximum Gasteiger partial charge on any atom is 0.407 e. The third-order valence-electron chi connectivity index (χ3n) is 10.2. The molecule has 0 aliphatic carbocycles. The number of nitrogens with zero attached hydrogens (tertiary/aromatic N) is 6. The summed E-state index contributed by atoms with van der Waals surface area (Å²) in [7, 11) is 0. The Balaban J connectivity index is 1.28. The van der Waals surface area contributed by atoms with Gasteiger partial charge in [-0.25, -0.2) is 14.2 Å². The first-order valence-corrected chi connectivity index (χ1v) is 17.2. The van der Waals surface area contributed by atoms with Crippen LogP contribution in [0.4, 0.5) is 14.9 Å². The third-order valence-corrected chi connectivity index (χ3v) is 10.2. The van der Waals surface area contributed by atoms with Crippen LogP contribution >= 0.6 is 0 Å².